The van der Waals surface area contributed by atoms with Gasteiger partial charge < -0.3 is 5.32 Å². The van der Waals surface area contributed by atoms with Crippen LogP contribution in [0.15, 0.2) is 29.2 Å². The number of benzene rings is 1. The van der Waals surface area contributed by atoms with E-state index >= 15 is 0 Å². The van der Waals surface area contributed by atoms with Crippen LogP contribution in [0.1, 0.15) is 6.92 Å². The van der Waals surface area contributed by atoms with E-state index in [0.717, 1.165) is 15.7 Å². The summed E-state index contributed by atoms with van der Waals surface area (Å²) in [6, 6.07) is 7.69. The van der Waals surface area contributed by atoms with Crippen LogP contribution in [0.5, 0.6) is 0 Å². The standard InChI is InChI=1S/C10H12ClNOS/c1-8(13)12-5-6-14-10-4-2-3-9(11)7-10/h2-4,7H,5-6H2,1H3,(H,12,13). The Morgan fingerprint density at radius 3 is 3.00 bits per heavy atom. The molecule has 0 bridgehead atoms. The zero-order chi connectivity index (χ0) is 10.4. The van der Waals surface area contributed by atoms with Crippen molar-refractivity contribution in [2.45, 2.75) is 11.8 Å². The first-order valence-electron chi connectivity index (χ1n) is 4.31. The van der Waals surface area contributed by atoms with Crippen molar-refractivity contribution in [1.82, 2.24) is 5.32 Å². The summed E-state index contributed by atoms with van der Waals surface area (Å²) in [5, 5.41) is 3.48. The molecule has 1 aromatic rings. The summed E-state index contributed by atoms with van der Waals surface area (Å²) in [6.45, 7) is 2.20. The second-order valence-electron chi connectivity index (χ2n) is 2.79. The topological polar surface area (TPSA) is 29.1 Å². The van der Waals surface area contributed by atoms with Crippen molar-refractivity contribution in [2.75, 3.05) is 12.3 Å². The van der Waals surface area contributed by atoms with E-state index in [0.29, 0.717) is 6.54 Å². The number of carbonyl (C=O) groups excluding carboxylic acids is 1. The minimum Gasteiger partial charge on any atom is -0.356 e. The summed E-state index contributed by atoms with van der Waals surface area (Å²) >= 11 is 7.50. The SMILES string of the molecule is CC(=O)NCCSc1cccc(Cl)c1. The average molecular weight is 230 g/mol. The predicted octanol–water partition coefficient (Wildman–Crippen LogP) is 2.57. The molecule has 1 N–H and O–H groups in total. The summed E-state index contributed by atoms with van der Waals surface area (Å²) in [5.74, 6) is 0.872. The van der Waals surface area contributed by atoms with Crippen LogP contribution < -0.4 is 5.32 Å². The van der Waals surface area contributed by atoms with E-state index in [1.54, 1.807) is 11.8 Å². The van der Waals surface area contributed by atoms with Crippen molar-refractivity contribution in [2.24, 2.45) is 0 Å². The Balaban J connectivity index is 2.28. The molecule has 0 aliphatic rings. The fourth-order valence-electron chi connectivity index (χ4n) is 0.953. The summed E-state index contributed by atoms with van der Waals surface area (Å²) in [6.07, 6.45) is 0. The largest absolute Gasteiger partial charge is 0.356 e. The van der Waals surface area contributed by atoms with Gasteiger partial charge in [0.15, 0.2) is 0 Å². The van der Waals surface area contributed by atoms with Gasteiger partial charge in [0.2, 0.25) is 5.91 Å². The molecular formula is C10H12ClNOS. The van der Waals surface area contributed by atoms with Crippen molar-refractivity contribution in [3.63, 3.8) is 0 Å². The van der Waals surface area contributed by atoms with Crippen molar-refractivity contribution in [1.29, 1.82) is 0 Å². The first-order valence-corrected chi connectivity index (χ1v) is 5.67. The fourth-order valence-corrected chi connectivity index (χ4v) is 2.03. The molecule has 0 aliphatic heterocycles. The second-order valence-corrected chi connectivity index (χ2v) is 4.39. The van der Waals surface area contributed by atoms with Gasteiger partial charge >= 0.3 is 0 Å². The zero-order valence-corrected chi connectivity index (χ0v) is 9.49. The van der Waals surface area contributed by atoms with Gasteiger partial charge in [-0.3, -0.25) is 4.79 Å². The quantitative estimate of drug-likeness (QED) is 0.635. The maximum Gasteiger partial charge on any atom is 0.216 e. The number of rotatable bonds is 4. The summed E-state index contributed by atoms with van der Waals surface area (Å²) in [4.78, 5) is 11.7. The van der Waals surface area contributed by atoms with E-state index in [1.807, 2.05) is 24.3 Å². The summed E-state index contributed by atoms with van der Waals surface area (Å²) in [5.41, 5.74) is 0. The number of thioether (sulfide) groups is 1. The highest BCUT2D eigenvalue weighted by atomic mass is 35.5. The molecule has 0 unspecified atom stereocenters. The molecule has 0 radical (unpaired) electrons. The molecular weight excluding hydrogens is 218 g/mol. The zero-order valence-electron chi connectivity index (χ0n) is 7.92. The molecule has 1 rings (SSSR count). The van der Waals surface area contributed by atoms with E-state index in [4.69, 9.17) is 11.6 Å². The molecule has 1 aromatic carbocycles. The molecule has 0 aromatic heterocycles. The molecule has 0 fully saturated rings. The van der Waals surface area contributed by atoms with Crippen molar-refractivity contribution in [3.8, 4) is 0 Å². The minimum absolute atomic E-state index is 0.0108. The van der Waals surface area contributed by atoms with E-state index < -0.39 is 0 Å². The van der Waals surface area contributed by atoms with Crippen molar-refractivity contribution >= 4 is 29.3 Å². The number of carbonyl (C=O) groups is 1. The summed E-state index contributed by atoms with van der Waals surface area (Å²) in [7, 11) is 0. The maximum absolute atomic E-state index is 10.6. The van der Waals surface area contributed by atoms with Gasteiger partial charge in [0.05, 0.1) is 0 Å². The van der Waals surface area contributed by atoms with Crippen LogP contribution >= 0.6 is 23.4 Å². The molecule has 4 heteroatoms. The average Bonchev–Trinajstić information content (AvgIpc) is 2.12. The van der Waals surface area contributed by atoms with Gasteiger partial charge in [0, 0.05) is 29.1 Å². The van der Waals surface area contributed by atoms with Crippen molar-refractivity contribution in [3.05, 3.63) is 29.3 Å². The van der Waals surface area contributed by atoms with Crippen LogP contribution in [-0.4, -0.2) is 18.2 Å². The molecule has 0 heterocycles. The van der Waals surface area contributed by atoms with Gasteiger partial charge in [0.25, 0.3) is 0 Å². The Hall–Kier alpha value is -0.670. The lowest BCUT2D eigenvalue weighted by molar-refractivity contribution is -0.118. The smallest absolute Gasteiger partial charge is 0.216 e. The molecule has 0 saturated heterocycles. The van der Waals surface area contributed by atoms with Gasteiger partial charge in [0.1, 0.15) is 0 Å². The minimum atomic E-state index is 0.0108. The Bertz CT molecular complexity index is 317. The summed E-state index contributed by atoms with van der Waals surface area (Å²) < 4.78 is 0. The lowest BCUT2D eigenvalue weighted by atomic mass is 10.4. The first kappa shape index (κ1) is 11.4. The third-order valence-electron chi connectivity index (χ3n) is 1.54. The molecule has 14 heavy (non-hydrogen) atoms. The van der Waals surface area contributed by atoms with E-state index in [9.17, 15) is 4.79 Å². The van der Waals surface area contributed by atoms with Crippen LogP contribution in [0.3, 0.4) is 0 Å². The van der Waals surface area contributed by atoms with Crippen LogP contribution in [0.4, 0.5) is 0 Å². The van der Waals surface area contributed by atoms with Gasteiger partial charge in [-0.05, 0) is 18.2 Å². The Labute approximate surface area is 93.0 Å². The predicted molar refractivity (Wildman–Crippen MR) is 60.9 cm³/mol. The highest BCUT2D eigenvalue weighted by molar-refractivity contribution is 7.99. The number of hydrogen-bond acceptors (Lipinski definition) is 2. The van der Waals surface area contributed by atoms with Gasteiger partial charge in [-0.1, -0.05) is 17.7 Å². The number of hydrogen-bond donors (Lipinski definition) is 1. The molecule has 2 nitrogen and oxygen atoms in total. The van der Waals surface area contributed by atoms with E-state index in [-0.39, 0.29) is 5.91 Å². The number of nitrogens with one attached hydrogen (secondary N) is 1. The third-order valence-corrected chi connectivity index (χ3v) is 2.77. The molecule has 0 saturated carbocycles. The molecule has 1 amide bonds. The van der Waals surface area contributed by atoms with Gasteiger partial charge in [-0.25, -0.2) is 0 Å². The Morgan fingerprint density at radius 2 is 2.36 bits per heavy atom. The van der Waals surface area contributed by atoms with Crippen LogP contribution in [0.25, 0.3) is 0 Å². The first-order chi connectivity index (χ1) is 6.68. The number of amides is 1. The molecule has 76 valence electrons. The van der Waals surface area contributed by atoms with E-state index in [1.165, 1.54) is 6.92 Å². The lowest BCUT2D eigenvalue weighted by Gasteiger charge is -2.02. The fraction of sp³-hybridized carbons (Fsp3) is 0.300. The Morgan fingerprint density at radius 1 is 1.57 bits per heavy atom. The van der Waals surface area contributed by atoms with Crippen molar-refractivity contribution < 1.29 is 4.79 Å². The van der Waals surface area contributed by atoms with Crippen LogP contribution in [0, 0.1) is 0 Å². The molecule has 0 aliphatic carbocycles. The van der Waals surface area contributed by atoms with Crippen LogP contribution in [0.2, 0.25) is 5.02 Å². The molecule has 0 atom stereocenters. The van der Waals surface area contributed by atoms with Gasteiger partial charge in [-0.2, -0.15) is 0 Å². The van der Waals surface area contributed by atoms with Gasteiger partial charge in [-0.15, -0.1) is 11.8 Å². The second kappa shape index (κ2) is 5.94. The lowest BCUT2D eigenvalue weighted by Crippen LogP contribution is -2.22. The monoisotopic (exact) mass is 229 g/mol. The van der Waals surface area contributed by atoms with E-state index in [2.05, 4.69) is 5.32 Å². The number of halogens is 1. The highest BCUT2D eigenvalue weighted by Crippen LogP contribution is 2.20. The highest BCUT2D eigenvalue weighted by Gasteiger charge is 1.95. The normalized spacial score (nSPS) is 9.86. The Kier molecular flexibility index (Phi) is 4.84. The van der Waals surface area contributed by atoms with Crippen LogP contribution in [-0.2, 0) is 4.79 Å². The molecule has 0 spiro atoms. The maximum atomic E-state index is 10.6. The third kappa shape index (κ3) is 4.53.